The molecule has 0 bridgehead atoms. The molecule has 1 aromatic heterocycles. The van der Waals surface area contributed by atoms with Crippen LogP contribution < -0.4 is 5.32 Å². The van der Waals surface area contributed by atoms with Crippen molar-refractivity contribution in [1.82, 2.24) is 5.32 Å². The lowest BCUT2D eigenvalue weighted by atomic mass is 10.1. The monoisotopic (exact) mass is 383 g/mol. The van der Waals surface area contributed by atoms with Gasteiger partial charge in [-0.05, 0) is 29.7 Å². The molecule has 6 heteroatoms. The highest BCUT2D eigenvalue weighted by atomic mass is 32.2. The average molecular weight is 383 g/mol. The van der Waals surface area contributed by atoms with Gasteiger partial charge < -0.3 is 5.32 Å². The smallest absolute Gasteiger partial charge is 0.261 e. The highest BCUT2D eigenvalue weighted by molar-refractivity contribution is 7.91. The van der Waals surface area contributed by atoms with Crippen LogP contribution in [0.1, 0.15) is 21.7 Å². The van der Waals surface area contributed by atoms with Gasteiger partial charge in [0.15, 0.2) is 9.84 Å². The molecule has 2 aromatic rings. The Morgan fingerprint density at radius 1 is 1.19 bits per heavy atom. The van der Waals surface area contributed by atoms with Crippen molar-refractivity contribution in [3.63, 3.8) is 0 Å². The molecule has 0 saturated carbocycles. The summed E-state index contributed by atoms with van der Waals surface area (Å²) in [5, 5.41) is 2.93. The predicted octanol–water partition coefficient (Wildman–Crippen LogP) is 3.87. The highest BCUT2D eigenvalue weighted by Gasteiger charge is 2.30. The summed E-state index contributed by atoms with van der Waals surface area (Å²) in [5.41, 5.74) is 2.45. The van der Waals surface area contributed by atoms with Crippen LogP contribution in [0, 0.1) is 0 Å². The summed E-state index contributed by atoms with van der Waals surface area (Å²) in [6, 6.07) is 8.69. The lowest BCUT2D eigenvalue weighted by Gasteiger charge is -2.15. The van der Waals surface area contributed by atoms with Crippen LogP contribution in [-0.2, 0) is 15.6 Å². The van der Waals surface area contributed by atoms with Gasteiger partial charge >= 0.3 is 0 Å². The number of sulfone groups is 1. The third-order valence-corrected chi connectivity index (χ3v) is 7.30. The molecule has 0 unspecified atom stereocenters. The van der Waals surface area contributed by atoms with Crippen molar-refractivity contribution in [3.8, 4) is 10.4 Å². The van der Waals surface area contributed by atoms with Crippen LogP contribution in [0.4, 0.5) is 0 Å². The zero-order chi connectivity index (χ0) is 18.1. The van der Waals surface area contributed by atoms with Crippen molar-refractivity contribution in [2.24, 2.45) is 0 Å². The van der Waals surface area contributed by atoms with Gasteiger partial charge in [-0.15, -0.1) is 11.3 Å². The number of carbonyl (C=O) groups is 1. The number of hydrogen-bond acceptors (Lipinski definition) is 4. The number of fused-ring (bicyclic) bond motifs is 3. The lowest BCUT2D eigenvalue weighted by molar-refractivity contribution is 0.0961. The van der Waals surface area contributed by atoms with Gasteiger partial charge in [0.2, 0.25) is 0 Å². The van der Waals surface area contributed by atoms with E-state index in [4.69, 9.17) is 0 Å². The van der Waals surface area contributed by atoms with E-state index in [1.54, 1.807) is 24.3 Å². The predicted molar refractivity (Wildman–Crippen MR) is 104 cm³/mol. The van der Waals surface area contributed by atoms with Gasteiger partial charge in [-0.1, -0.05) is 48.6 Å². The summed E-state index contributed by atoms with van der Waals surface area (Å²) < 4.78 is 24.9. The Bertz CT molecular complexity index is 1070. The molecule has 4 nitrogen and oxygen atoms in total. The maximum Gasteiger partial charge on any atom is 0.261 e. The van der Waals surface area contributed by atoms with E-state index >= 15 is 0 Å². The molecule has 0 atom stereocenters. The van der Waals surface area contributed by atoms with E-state index in [2.05, 4.69) is 17.5 Å². The summed E-state index contributed by atoms with van der Waals surface area (Å²) >= 11 is 1.35. The molecule has 26 heavy (non-hydrogen) atoms. The Morgan fingerprint density at radius 3 is 2.92 bits per heavy atom. The Morgan fingerprint density at radius 2 is 2.04 bits per heavy atom. The number of nitrogens with one attached hydrogen (secondary N) is 1. The number of amides is 1. The molecular weight excluding hydrogens is 366 g/mol. The maximum absolute atomic E-state index is 12.5. The number of hydrogen-bond donors (Lipinski definition) is 1. The molecule has 2 aliphatic rings. The molecule has 1 amide bonds. The van der Waals surface area contributed by atoms with E-state index < -0.39 is 9.84 Å². The van der Waals surface area contributed by atoms with Crippen LogP contribution >= 0.6 is 11.3 Å². The maximum atomic E-state index is 12.5. The van der Waals surface area contributed by atoms with Crippen molar-refractivity contribution in [3.05, 3.63) is 76.7 Å². The first kappa shape index (κ1) is 17.0. The third-order valence-electron chi connectivity index (χ3n) is 4.37. The number of rotatable bonds is 3. The molecular formula is C20H17NO3S2. The lowest BCUT2D eigenvalue weighted by Crippen LogP contribution is -2.24. The summed E-state index contributed by atoms with van der Waals surface area (Å²) in [4.78, 5) is 14.3. The molecule has 4 rings (SSSR count). The van der Waals surface area contributed by atoms with Crippen molar-refractivity contribution in [2.75, 3.05) is 6.54 Å². The Balaban J connectivity index is 1.59. The first-order valence-electron chi connectivity index (χ1n) is 8.30. The summed E-state index contributed by atoms with van der Waals surface area (Å²) in [7, 11) is -3.35. The Labute approximate surface area is 156 Å². The summed E-state index contributed by atoms with van der Waals surface area (Å²) in [5.74, 6) is -0.228. The molecule has 1 N–H and O–H groups in total. The van der Waals surface area contributed by atoms with E-state index in [1.165, 1.54) is 11.3 Å². The van der Waals surface area contributed by atoms with Gasteiger partial charge in [0, 0.05) is 17.0 Å². The van der Waals surface area contributed by atoms with Gasteiger partial charge in [-0.2, -0.15) is 0 Å². The number of carbonyl (C=O) groups excluding carboxylic acids is 1. The van der Waals surface area contributed by atoms with Crippen molar-refractivity contribution in [2.45, 2.75) is 17.1 Å². The van der Waals surface area contributed by atoms with Crippen molar-refractivity contribution >= 4 is 27.1 Å². The van der Waals surface area contributed by atoms with Gasteiger partial charge in [-0.25, -0.2) is 8.42 Å². The van der Waals surface area contributed by atoms with Crippen LogP contribution in [0.2, 0.25) is 0 Å². The zero-order valence-corrected chi connectivity index (χ0v) is 15.6. The summed E-state index contributed by atoms with van der Waals surface area (Å²) in [6.07, 6.45) is 10.9. The molecule has 0 fully saturated rings. The number of allylic oxidation sites excluding steroid dienone is 4. The van der Waals surface area contributed by atoms with Crippen molar-refractivity contribution < 1.29 is 13.2 Å². The third kappa shape index (κ3) is 3.18. The van der Waals surface area contributed by atoms with Crippen LogP contribution in [-0.4, -0.2) is 20.9 Å². The zero-order valence-electron chi connectivity index (χ0n) is 13.9. The van der Waals surface area contributed by atoms with E-state index in [0.717, 1.165) is 16.9 Å². The van der Waals surface area contributed by atoms with Gasteiger partial charge in [0.1, 0.15) is 0 Å². The van der Waals surface area contributed by atoms with Gasteiger partial charge in [-0.3, -0.25) is 4.79 Å². The number of benzene rings is 1. The molecule has 1 aliphatic carbocycles. The quantitative estimate of drug-likeness (QED) is 0.875. The second-order valence-corrected chi connectivity index (χ2v) is 9.22. The molecule has 0 saturated heterocycles. The molecule has 132 valence electrons. The first-order valence-corrected chi connectivity index (χ1v) is 10.8. The second kappa shape index (κ2) is 6.70. The van der Waals surface area contributed by atoms with E-state index in [1.807, 2.05) is 24.3 Å². The standard InChI is InChI=1S/C20H17NO3S2/c22-20(21-12-14-7-3-1-2-4-8-14)17-11-15-13-26(23,24)18-10-6-5-9-16(18)19(15)25-17/h1-3,5-11H,4,12-13H2,(H,21,22). The van der Waals surface area contributed by atoms with Gasteiger partial charge in [0.05, 0.1) is 15.5 Å². The van der Waals surface area contributed by atoms with E-state index in [-0.39, 0.29) is 11.7 Å². The molecule has 1 aliphatic heterocycles. The number of thiophene rings is 1. The highest BCUT2D eigenvalue weighted by Crippen LogP contribution is 2.42. The molecule has 0 radical (unpaired) electrons. The van der Waals surface area contributed by atoms with Crippen molar-refractivity contribution in [1.29, 1.82) is 0 Å². The minimum Gasteiger partial charge on any atom is -0.347 e. The molecule has 2 heterocycles. The van der Waals surface area contributed by atoms with Crippen LogP contribution in [0.5, 0.6) is 0 Å². The van der Waals surface area contributed by atoms with Crippen LogP contribution in [0.15, 0.2) is 71.2 Å². The van der Waals surface area contributed by atoms with Gasteiger partial charge in [0.25, 0.3) is 5.91 Å². The average Bonchev–Trinajstić information content (AvgIpc) is 2.87. The Hall–Kier alpha value is -2.44. The minimum atomic E-state index is -3.35. The molecule has 0 spiro atoms. The fourth-order valence-corrected chi connectivity index (χ4v) is 5.98. The van der Waals surface area contributed by atoms with Crippen LogP contribution in [0.25, 0.3) is 10.4 Å². The normalized spacial score (nSPS) is 17.0. The van der Waals surface area contributed by atoms with Crippen LogP contribution in [0.3, 0.4) is 0 Å². The topological polar surface area (TPSA) is 63.2 Å². The largest absolute Gasteiger partial charge is 0.347 e. The fourth-order valence-electron chi connectivity index (χ4n) is 3.11. The second-order valence-electron chi connectivity index (χ2n) is 6.20. The minimum absolute atomic E-state index is 0.0529. The SMILES string of the molecule is O=C(NCC1=CCC=CC=C1)c1cc2c(s1)-c1ccccc1S(=O)(=O)C2. The summed E-state index contributed by atoms with van der Waals surface area (Å²) in [6.45, 7) is 0.453. The first-order chi connectivity index (χ1) is 12.5. The molecule has 1 aromatic carbocycles. The Kier molecular flexibility index (Phi) is 4.38. The van der Waals surface area contributed by atoms with E-state index in [9.17, 15) is 13.2 Å². The fraction of sp³-hybridized carbons (Fsp3) is 0.150. The van der Waals surface area contributed by atoms with E-state index in [0.29, 0.717) is 27.4 Å².